The Morgan fingerprint density at radius 2 is 2.13 bits per heavy atom. The summed E-state index contributed by atoms with van der Waals surface area (Å²) in [5, 5.41) is 3.28. The normalized spacial score (nSPS) is 28.7. The Hall–Kier alpha value is -1.34. The van der Waals surface area contributed by atoms with E-state index in [4.69, 9.17) is 15.2 Å². The number of hydrogen-bond acceptors (Lipinski definition) is 5. The number of nitrogens with one attached hydrogen (secondary N) is 1. The predicted octanol–water partition coefficient (Wildman–Crippen LogP) is 1.01. The molecule has 2 fully saturated rings. The summed E-state index contributed by atoms with van der Waals surface area (Å²) >= 11 is 0. The highest BCUT2D eigenvalue weighted by atomic mass is 16.6. The lowest BCUT2D eigenvalue weighted by atomic mass is 9.88. The molecule has 2 rings (SSSR count). The largest absolute Gasteiger partial charge is 0.444 e. The maximum absolute atomic E-state index is 12.3. The maximum atomic E-state index is 12.3. The predicted molar refractivity (Wildman–Crippen MR) is 85.9 cm³/mol. The van der Waals surface area contributed by atoms with Crippen LogP contribution in [0.1, 0.15) is 46.5 Å². The molecule has 0 aromatic rings. The fourth-order valence-corrected chi connectivity index (χ4v) is 3.08. The summed E-state index contributed by atoms with van der Waals surface area (Å²) in [5.41, 5.74) is 4.19. The van der Waals surface area contributed by atoms with E-state index in [1.807, 2.05) is 20.8 Å². The van der Waals surface area contributed by atoms with E-state index in [0.29, 0.717) is 25.9 Å². The number of nitrogens with zero attached hydrogens (tertiary/aromatic N) is 1. The molecule has 2 atom stereocenters. The van der Waals surface area contributed by atoms with Crippen LogP contribution in [0.25, 0.3) is 0 Å². The molecule has 0 bridgehead atoms. The number of hydrogen-bond donors (Lipinski definition) is 2. The van der Waals surface area contributed by atoms with Crippen molar-refractivity contribution in [1.29, 1.82) is 0 Å². The van der Waals surface area contributed by atoms with Gasteiger partial charge in [0.05, 0.1) is 12.6 Å². The first-order chi connectivity index (χ1) is 10.7. The van der Waals surface area contributed by atoms with Gasteiger partial charge in [0.15, 0.2) is 0 Å². The average molecular weight is 327 g/mol. The molecule has 7 heteroatoms. The molecule has 0 radical (unpaired) electrons. The summed E-state index contributed by atoms with van der Waals surface area (Å²) in [6.45, 7) is 7.63. The van der Waals surface area contributed by atoms with Crippen LogP contribution in [0.5, 0.6) is 0 Å². The van der Waals surface area contributed by atoms with Crippen LogP contribution in [-0.2, 0) is 14.3 Å². The Labute approximate surface area is 137 Å². The molecule has 2 heterocycles. The van der Waals surface area contributed by atoms with Crippen molar-refractivity contribution in [3.63, 3.8) is 0 Å². The van der Waals surface area contributed by atoms with E-state index >= 15 is 0 Å². The first-order valence-corrected chi connectivity index (χ1v) is 8.36. The Morgan fingerprint density at radius 3 is 2.70 bits per heavy atom. The van der Waals surface area contributed by atoms with Crippen molar-refractivity contribution in [2.24, 2.45) is 5.73 Å². The monoisotopic (exact) mass is 327 g/mol. The van der Waals surface area contributed by atoms with Gasteiger partial charge in [-0.2, -0.15) is 0 Å². The molecule has 2 amide bonds. The highest BCUT2D eigenvalue weighted by molar-refractivity contribution is 5.86. The van der Waals surface area contributed by atoms with Gasteiger partial charge in [-0.3, -0.25) is 10.1 Å². The molecule has 3 N–H and O–H groups in total. The van der Waals surface area contributed by atoms with Crippen LogP contribution in [-0.4, -0.2) is 60.4 Å². The van der Waals surface area contributed by atoms with E-state index in [-0.39, 0.29) is 12.6 Å². The van der Waals surface area contributed by atoms with Crippen molar-refractivity contribution in [2.45, 2.75) is 63.7 Å². The molecular formula is C16H29N3O4. The third-order valence-electron chi connectivity index (χ3n) is 4.31. The van der Waals surface area contributed by atoms with E-state index in [1.165, 1.54) is 0 Å². The van der Waals surface area contributed by atoms with E-state index < -0.39 is 23.1 Å². The zero-order valence-corrected chi connectivity index (χ0v) is 14.4. The number of piperidine rings is 1. The summed E-state index contributed by atoms with van der Waals surface area (Å²) in [4.78, 5) is 25.9. The van der Waals surface area contributed by atoms with Gasteiger partial charge < -0.3 is 20.1 Å². The van der Waals surface area contributed by atoms with E-state index in [2.05, 4.69) is 5.32 Å². The first kappa shape index (κ1) is 18.0. The van der Waals surface area contributed by atoms with Crippen molar-refractivity contribution in [3.8, 4) is 0 Å². The topological polar surface area (TPSA) is 93.9 Å². The van der Waals surface area contributed by atoms with Crippen LogP contribution in [0.2, 0.25) is 0 Å². The van der Waals surface area contributed by atoms with Gasteiger partial charge in [-0.25, -0.2) is 4.79 Å². The number of amides is 2. The third kappa shape index (κ3) is 4.81. The molecule has 0 aliphatic carbocycles. The third-order valence-corrected chi connectivity index (χ3v) is 4.31. The van der Waals surface area contributed by atoms with Crippen LogP contribution in [0.3, 0.4) is 0 Å². The molecule has 0 spiro atoms. The Bertz CT molecular complexity index is 443. The van der Waals surface area contributed by atoms with Crippen LogP contribution in [0.15, 0.2) is 0 Å². The fraction of sp³-hybridized carbons (Fsp3) is 0.875. The Morgan fingerprint density at radius 1 is 1.39 bits per heavy atom. The zero-order chi connectivity index (χ0) is 17.1. The van der Waals surface area contributed by atoms with Gasteiger partial charge in [0.1, 0.15) is 11.1 Å². The minimum Gasteiger partial charge on any atom is -0.444 e. The second-order valence-corrected chi connectivity index (χ2v) is 7.47. The quantitative estimate of drug-likeness (QED) is 0.804. The van der Waals surface area contributed by atoms with Crippen molar-refractivity contribution < 1.29 is 19.1 Å². The summed E-state index contributed by atoms with van der Waals surface area (Å²) < 4.78 is 11.0. The maximum Gasteiger partial charge on any atom is 0.410 e. The highest BCUT2D eigenvalue weighted by Crippen LogP contribution is 2.24. The second kappa shape index (κ2) is 7.05. The highest BCUT2D eigenvalue weighted by Gasteiger charge is 2.43. The summed E-state index contributed by atoms with van der Waals surface area (Å²) in [6.07, 6.45) is 3.07. The molecule has 2 unspecified atom stereocenters. The molecule has 23 heavy (non-hydrogen) atoms. The van der Waals surface area contributed by atoms with E-state index in [0.717, 1.165) is 19.4 Å². The van der Waals surface area contributed by atoms with Gasteiger partial charge in [0.2, 0.25) is 5.91 Å². The van der Waals surface area contributed by atoms with Crippen LogP contribution >= 0.6 is 0 Å². The number of carbonyl (C=O) groups excluding carboxylic acids is 2. The summed E-state index contributed by atoms with van der Waals surface area (Å²) in [6, 6.07) is 0. The average Bonchev–Trinajstić information content (AvgIpc) is 2.97. The van der Waals surface area contributed by atoms with Crippen LogP contribution < -0.4 is 11.1 Å². The molecular weight excluding hydrogens is 298 g/mol. The van der Waals surface area contributed by atoms with Crippen molar-refractivity contribution >= 4 is 12.0 Å². The lowest BCUT2D eigenvalue weighted by Gasteiger charge is -2.41. The van der Waals surface area contributed by atoms with Crippen molar-refractivity contribution in [1.82, 2.24) is 10.2 Å². The fourth-order valence-electron chi connectivity index (χ4n) is 3.08. The lowest BCUT2D eigenvalue weighted by molar-refractivity contribution is -0.126. The molecule has 2 aliphatic heterocycles. The number of likely N-dealkylation sites (tertiary alicyclic amines) is 1. The molecule has 0 aromatic heterocycles. The van der Waals surface area contributed by atoms with Crippen molar-refractivity contribution in [3.05, 3.63) is 0 Å². The number of nitrogens with two attached hydrogens (primary N) is 1. The second-order valence-electron chi connectivity index (χ2n) is 7.47. The molecule has 0 saturated carbocycles. The Kier molecular flexibility index (Phi) is 5.52. The minimum atomic E-state index is -0.902. The first-order valence-electron chi connectivity index (χ1n) is 8.36. The van der Waals surface area contributed by atoms with Crippen LogP contribution in [0.4, 0.5) is 4.79 Å². The minimum absolute atomic E-state index is 0.114. The summed E-state index contributed by atoms with van der Waals surface area (Å²) in [7, 11) is 0. The molecule has 7 nitrogen and oxygen atoms in total. The summed E-state index contributed by atoms with van der Waals surface area (Å²) in [5.74, 6) is -0.427. The van der Waals surface area contributed by atoms with Crippen molar-refractivity contribution in [2.75, 3.05) is 26.2 Å². The van der Waals surface area contributed by atoms with Gasteiger partial charge in [-0.1, -0.05) is 0 Å². The van der Waals surface area contributed by atoms with E-state index in [9.17, 15) is 9.59 Å². The number of primary amides is 1. The number of carbonyl (C=O) groups is 2. The lowest BCUT2D eigenvalue weighted by Crippen LogP contribution is -2.65. The molecule has 132 valence electrons. The number of rotatable bonds is 4. The number of ether oxygens (including phenoxy) is 2. The standard InChI is InChI=1S/C16H29N3O4/c1-15(2,3)23-14(21)19-8-5-7-16(11-19,13(17)20)18-10-12-6-4-9-22-12/h12,18H,4-11H2,1-3H3,(H2,17,20). The van der Waals surface area contributed by atoms with E-state index in [1.54, 1.807) is 4.90 Å². The molecule has 0 aromatic carbocycles. The SMILES string of the molecule is CC(C)(C)OC(=O)N1CCCC(NCC2CCCO2)(C(N)=O)C1. The van der Waals surface area contributed by atoms with Gasteiger partial charge >= 0.3 is 6.09 Å². The van der Waals surface area contributed by atoms with Gasteiger partial charge in [0.25, 0.3) is 0 Å². The van der Waals surface area contributed by atoms with Crippen LogP contribution in [0, 0.1) is 0 Å². The zero-order valence-electron chi connectivity index (χ0n) is 14.4. The van der Waals surface area contributed by atoms with Gasteiger partial charge in [-0.15, -0.1) is 0 Å². The van der Waals surface area contributed by atoms with Gasteiger partial charge in [-0.05, 0) is 46.5 Å². The molecule has 2 saturated heterocycles. The smallest absolute Gasteiger partial charge is 0.410 e. The van der Waals surface area contributed by atoms with Gasteiger partial charge in [0, 0.05) is 19.7 Å². The molecule has 2 aliphatic rings. The Balaban J connectivity index is 2.00.